The molecule has 1 saturated heterocycles. The van der Waals surface area contributed by atoms with Crippen molar-refractivity contribution in [3.05, 3.63) is 34.1 Å². The number of carbonyl (C=O) groups excluding carboxylic acids is 1. The van der Waals surface area contributed by atoms with E-state index in [9.17, 15) is 19.1 Å². The van der Waals surface area contributed by atoms with E-state index in [-0.39, 0.29) is 36.1 Å². The molecule has 0 aromatic heterocycles. The van der Waals surface area contributed by atoms with E-state index in [4.69, 9.17) is 4.74 Å². The van der Waals surface area contributed by atoms with E-state index in [0.29, 0.717) is 0 Å². The van der Waals surface area contributed by atoms with Gasteiger partial charge in [0.1, 0.15) is 11.4 Å². The Morgan fingerprint density at radius 1 is 1.35 bits per heavy atom. The minimum absolute atomic E-state index is 0.153. The molecular formula is C13H13BrFNO4. The van der Waals surface area contributed by atoms with Crippen LogP contribution in [-0.4, -0.2) is 35.7 Å². The summed E-state index contributed by atoms with van der Waals surface area (Å²) in [5, 5.41) is 11.8. The van der Waals surface area contributed by atoms with Crippen LogP contribution in [-0.2, 0) is 9.53 Å². The minimum Gasteiger partial charge on any atom is -0.480 e. The van der Waals surface area contributed by atoms with Crippen LogP contribution in [0.15, 0.2) is 22.7 Å². The number of carboxylic acids is 1. The van der Waals surface area contributed by atoms with Crippen LogP contribution in [0, 0.1) is 5.82 Å². The number of benzene rings is 1. The van der Waals surface area contributed by atoms with Gasteiger partial charge in [0, 0.05) is 30.5 Å². The third-order valence-corrected chi connectivity index (χ3v) is 3.96. The van der Waals surface area contributed by atoms with Gasteiger partial charge in [0.15, 0.2) is 0 Å². The lowest BCUT2D eigenvalue weighted by molar-refractivity contribution is -0.148. The molecule has 1 aromatic carbocycles. The number of carbonyl (C=O) groups is 2. The third kappa shape index (κ3) is 2.83. The van der Waals surface area contributed by atoms with Gasteiger partial charge in [-0.15, -0.1) is 0 Å². The zero-order chi connectivity index (χ0) is 14.8. The maximum Gasteiger partial charge on any atom is 0.329 e. The third-order valence-electron chi connectivity index (χ3n) is 3.30. The number of hydrogen-bond donors (Lipinski definition) is 2. The summed E-state index contributed by atoms with van der Waals surface area (Å²) in [6, 6.07) is 4.13. The normalized spacial score (nSPS) is 17.5. The minimum atomic E-state index is -1.41. The largest absolute Gasteiger partial charge is 0.480 e. The number of carboxylic acid groups (broad SMARTS) is 1. The fraction of sp³-hybridized carbons (Fsp3) is 0.385. The predicted octanol–water partition coefficient (Wildman–Crippen LogP) is 1.95. The summed E-state index contributed by atoms with van der Waals surface area (Å²) in [5.74, 6) is -2.59. The number of nitrogens with one attached hydrogen (secondary N) is 1. The first-order valence-electron chi connectivity index (χ1n) is 6.04. The first-order valence-corrected chi connectivity index (χ1v) is 6.83. The molecule has 1 aliphatic rings. The highest BCUT2D eigenvalue weighted by Crippen LogP contribution is 2.24. The molecule has 0 saturated carbocycles. The van der Waals surface area contributed by atoms with Crippen LogP contribution in [0.5, 0.6) is 0 Å². The fourth-order valence-corrected chi connectivity index (χ4v) is 2.63. The van der Waals surface area contributed by atoms with Gasteiger partial charge in [-0.3, -0.25) is 4.79 Å². The Balaban J connectivity index is 2.27. The van der Waals surface area contributed by atoms with Gasteiger partial charge in [0.2, 0.25) is 0 Å². The van der Waals surface area contributed by atoms with Crippen molar-refractivity contribution in [2.75, 3.05) is 13.2 Å². The van der Waals surface area contributed by atoms with Crippen molar-refractivity contribution in [1.29, 1.82) is 0 Å². The average Bonchev–Trinajstić information content (AvgIpc) is 2.39. The summed E-state index contributed by atoms with van der Waals surface area (Å²) in [6.07, 6.45) is 0.306. The zero-order valence-electron chi connectivity index (χ0n) is 10.5. The van der Waals surface area contributed by atoms with Crippen molar-refractivity contribution < 1.29 is 23.8 Å². The summed E-state index contributed by atoms with van der Waals surface area (Å²) in [5.41, 5.74) is -1.60. The molecule has 1 fully saturated rings. The summed E-state index contributed by atoms with van der Waals surface area (Å²) >= 11 is 3.09. The molecule has 7 heteroatoms. The fourth-order valence-electron chi connectivity index (χ4n) is 2.11. The Bertz CT molecular complexity index is 523. The quantitative estimate of drug-likeness (QED) is 0.877. The lowest BCUT2D eigenvalue weighted by Crippen LogP contribution is -2.57. The standard InChI is InChI=1S/C13H13BrFNO4/c14-8-2-1-3-9(15)10(8)11(17)16-13(12(18)19)4-6-20-7-5-13/h1-3H,4-7H2,(H,16,17)(H,18,19). The van der Waals surface area contributed by atoms with E-state index in [0.717, 1.165) is 6.07 Å². The van der Waals surface area contributed by atoms with Gasteiger partial charge in [-0.1, -0.05) is 6.07 Å². The lowest BCUT2D eigenvalue weighted by atomic mass is 9.89. The Morgan fingerprint density at radius 2 is 2.00 bits per heavy atom. The maximum atomic E-state index is 13.7. The molecule has 2 N–H and O–H groups in total. The summed E-state index contributed by atoms with van der Waals surface area (Å²) in [4.78, 5) is 23.6. The summed E-state index contributed by atoms with van der Waals surface area (Å²) in [7, 11) is 0. The number of rotatable bonds is 3. The van der Waals surface area contributed by atoms with Crippen LogP contribution in [0.2, 0.25) is 0 Å². The van der Waals surface area contributed by atoms with E-state index >= 15 is 0 Å². The summed E-state index contributed by atoms with van der Waals surface area (Å²) in [6.45, 7) is 0.482. The monoisotopic (exact) mass is 345 g/mol. The first-order chi connectivity index (χ1) is 9.46. The van der Waals surface area contributed by atoms with Crippen LogP contribution in [0.4, 0.5) is 4.39 Å². The van der Waals surface area contributed by atoms with Gasteiger partial charge in [0.25, 0.3) is 5.91 Å². The van der Waals surface area contributed by atoms with Crippen LogP contribution >= 0.6 is 15.9 Å². The van der Waals surface area contributed by atoms with Crippen LogP contribution in [0.1, 0.15) is 23.2 Å². The van der Waals surface area contributed by atoms with Crippen molar-refractivity contribution in [3.8, 4) is 0 Å². The molecule has 0 aliphatic carbocycles. The van der Waals surface area contributed by atoms with Crippen molar-refractivity contribution in [2.45, 2.75) is 18.4 Å². The van der Waals surface area contributed by atoms with E-state index < -0.39 is 23.2 Å². The van der Waals surface area contributed by atoms with Crippen molar-refractivity contribution in [2.24, 2.45) is 0 Å². The van der Waals surface area contributed by atoms with Crippen LogP contribution in [0.25, 0.3) is 0 Å². The molecule has 0 radical (unpaired) electrons. The SMILES string of the molecule is O=C(NC1(C(=O)O)CCOCC1)c1c(F)cccc1Br. The van der Waals surface area contributed by atoms with Crippen molar-refractivity contribution in [1.82, 2.24) is 5.32 Å². The lowest BCUT2D eigenvalue weighted by Gasteiger charge is -2.34. The van der Waals surface area contributed by atoms with E-state index in [1.54, 1.807) is 0 Å². The summed E-state index contributed by atoms with van der Waals surface area (Å²) < 4.78 is 19.1. The second-order valence-electron chi connectivity index (χ2n) is 4.55. The number of halogens is 2. The Labute approximate surface area is 123 Å². The molecule has 1 aliphatic heterocycles. The molecule has 0 spiro atoms. The zero-order valence-corrected chi connectivity index (χ0v) is 12.1. The molecule has 0 bridgehead atoms. The van der Waals surface area contributed by atoms with Crippen LogP contribution < -0.4 is 5.32 Å². The maximum absolute atomic E-state index is 13.7. The second kappa shape index (κ2) is 5.88. The average molecular weight is 346 g/mol. The molecule has 108 valence electrons. The van der Waals surface area contributed by atoms with Gasteiger partial charge in [-0.05, 0) is 28.1 Å². The molecule has 1 aromatic rings. The molecule has 0 unspecified atom stereocenters. The number of aliphatic carboxylic acids is 1. The molecule has 1 amide bonds. The van der Waals surface area contributed by atoms with Gasteiger partial charge >= 0.3 is 5.97 Å². The highest BCUT2D eigenvalue weighted by Gasteiger charge is 2.42. The van der Waals surface area contributed by atoms with Crippen molar-refractivity contribution >= 4 is 27.8 Å². The molecule has 2 rings (SSSR count). The first kappa shape index (κ1) is 14.9. The smallest absolute Gasteiger partial charge is 0.329 e. The molecule has 5 nitrogen and oxygen atoms in total. The van der Waals surface area contributed by atoms with Gasteiger partial charge in [0.05, 0.1) is 5.56 Å². The predicted molar refractivity (Wildman–Crippen MR) is 72.0 cm³/mol. The van der Waals surface area contributed by atoms with Crippen LogP contribution in [0.3, 0.4) is 0 Å². The molecular weight excluding hydrogens is 333 g/mol. The Hall–Kier alpha value is -1.47. The van der Waals surface area contributed by atoms with Gasteiger partial charge in [-0.2, -0.15) is 0 Å². The highest BCUT2D eigenvalue weighted by molar-refractivity contribution is 9.10. The van der Waals surface area contributed by atoms with E-state index in [1.165, 1.54) is 12.1 Å². The van der Waals surface area contributed by atoms with E-state index in [1.807, 2.05) is 0 Å². The number of ether oxygens (including phenoxy) is 1. The molecule has 1 heterocycles. The van der Waals surface area contributed by atoms with Gasteiger partial charge in [-0.25, -0.2) is 9.18 Å². The molecule has 0 atom stereocenters. The Morgan fingerprint density at radius 3 is 2.55 bits per heavy atom. The topological polar surface area (TPSA) is 75.6 Å². The number of hydrogen-bond acceptors (Lipinski definition) is 3. The molecule has 20 heavy (non-hydrogen) atoms. The van der Waals surface area contributed by atoms with Crippen molar-refractivity contribution in [3.63, 3.8) is 0 Å². The second-order valence-corrected chi connectivity index (χ2v) is 5.40. The van der Waals surface area contributed by atoms with E-state index in [2.05, 4.69) is 21.2 Å². The highest BCUT2D eigenvalue weighted by atomic mass is 79.9. The Kier molecular flexibility index (Phi) is 4.39. The van der Waals surface area contributed by atoms with Gasteiger partial charge < -0.3 is 15.2 Å². The number of amides is 1.